The molecule has 0 aliphatic carbocycles. The van der Waals surface area contributed by atoms with Crippen LogP contribution in [0.3, 0.4) is 0 Å². The first kappa shape index (κ1) is 13.2. The molecule has 0 saturated carbocycles. The van der Waals surface area contributed by atoms with E-state index in [0.717, 1.165) is 11.0 Å². The molecular weight excluding hydrogens is 286 g/mol. The number of hydrogen-bond acceptors (Lipinski definition) is 1. The molecule has 0 fully saturated rings. The first-order valence-electron chi connectivity index (χ1n) is 6.12. The maximum Gasteiger partial charge on any atom is 0.0400 e. The van der Waals surface area contributed by atoms with Gasteiger partial charge in [-0.05, 0) is 49.6 Å². The molecule has 0 radical (unpaired) electrons. The SMILES string of the molecule is Cc1ccc(NCc2ccc(Br)c(C)c2)c(C)c1. The molecule has 0 heterocycles. The van der Waals surface area contributed by atoms with Gasteiger partial charge in [-0.25, -0.2) is 0 Å². The number of nitrogens with one attached hydrogen (secondary N) is 1. The van der Waals surface area contributed by atoms with Crippen molar-refractivity contribution < 1.29 is 0 Å². The third-order valence-corrected chi connectivity index (χ3v) is 3.98. The lowest BCUT2D eigenvalue weighted by Crippen LogP contribution is -2.01. The van der Waals surface area contributed by atoms with E-state index < -0.39 is 0 Å². The average molecular weight is 304 g/mol. The van der Waals surface area contributed by atoms with Gasteiger partial charge in [0.15, 0.2) is 0 Å². The van der Waals surface area contributed by atoms with Gasteiger partial charge in [0.2, 0.25) is 0 Å². The molecule has 1 nitrogen and oxygen atoms in total. The normalized spacial score (nSPS) is 10.4. The number of anilines is 1. The molecule has 0 aromatic heterocycles. The highest BCUT2D eigenvalue weighted by Crippen LogP contribution is 2.20. The van der Waals surface area contributed by atoms with E-state index in [1.54, 1.807) is 0 Å². The highest BCUT2D eigenvalue weighted by molar-refractivity contribution is 9.10. The number of hydrogen-bond donors (Lipinski definition) is 1. The van der Waals surface area contributed by atoms with Gasteiger partial charge in [-0.1, -0.05) is 45.8 Å². The fourth-order valence-electron chi connectivity index (χ4n) is 2.03. The molecule has 2 aromatic carbocycles. The molecule has 0 unspecified atom stereocenters. The van der Waals surface area contributed by atoms with Crippen LogP contribution in [0.4, 0.5) is 5.69 Å². The van der Waals surface area contributed by atoms with Crippen molar-refractivity contribution in [2.45, 2.75) is 27.3 Å². The van der Waals surface area contributed by atoms with E-state index in [-0.39, 0.29) is 0 Å². The molecule has 0 saturated heterocycles. The number of benzene rings is 2. The zero-order chi connectivity index (χ0) is 13.1. The minimum Gasteiger partial charge on any atom is -0.381 e. The smallest absolute Gasteiger partial charge is 0.0400 e. The van der Waals surface area contributed by atoms with Crippen LogP contribution in [0.15, 0.2) is 40.9 Å². The molecule has 0 atom stereocenters. The van der Waals surface area contributed by atoms with E-state index in [2.05, 4.69) is 78.4 Å². The summed E-state index contributed by atoms with van der Waals surface area (Å²) in [4.78, 5) is 0. The highest BCUT2D eigenvalue weighted by atomic mass is 79.9. The third-order valence-electron chi connectivity index (χ3n) is 3.09. The fourth-order valence-corrected chi connectivity index (χ4v) is 2.27. The Morgan fingerprint density at radius 2 is 1.72 bits per heavy atom. The van der Waals surface area contributed by atoms with Crippen LogP contribution < -0.4 is 5.32 Å². The van der Waals surface area contributed by atoms with Crippen molar-refractivity contribution in [1.29, 1.82) is 0 Å². The summed E-state index contributed by atoms with van der Waals surface area (Å²) in [5, 5.41) is 3.49. The van der Waals surface area contributed by atoms with Gasteiger partial charge in [-0.2, -0.15) is 0 Å². The van der Waals surface area contributed by atoms with Crippen LogP contribution in [0, 0.1) is 20.8 Å². The highest BCUT2D eigenvalue weighted by Gasteiger charge is 2.00. The third kappa shape index (κ3) is 3.14. The maximum absolute atomic E-state index is 3.52. The number of aryl methyl sites for hydroxylation is 3. The fraction of sp³-hybridized carbons (Fsp3) is 0.250. The molecule has 2 heteroatoms. The summed E-state index contributed by atoms with van der Waals surface area (Å²) in [6, 6.07) is 13.0. The summed E-state index contributed by atoms with van der Waals surface area (Å²) in [5.41, 5.74) is 6.38. The monoisotopic (exact) mass is 303 g/mol. The molecular formula is C16H18BrN. The van der Waals surface area contributed by atoms with Crippen LogP contribution in [0.2, 0.25) is 0 Å². The summed E-state index contributed by atoms with van der Waals surface area (Å²) in [7, 11) is 0. The molecule has 0 amide bonds. The summed E-state index contributed by atoms with van der Waals surface area (Å²) < 4.78 is 1.16. The Labute approximate surface area is 117 Å². The zero-order valence-electron chi connectivity index (χ0n) is 11.0. The van der Waals surface area contributed by atoms with Gasteiger partial charge in [0.1, 0.15) is 0 Å². The summed E-state index contributed by atoms with van der Waals surface area (Å²) >= 11 is 3.52. The van der Waals surface area contributed by atoms with E-state index in [4.69, 9.17) is 0 Å². The Kier molecular flexibility index (Phi) is 4.07. The van der Waals surface area contributed by atoms with Gasteiger partial charge in [-0.15, -0.1) is 0 Å². The Bertz CT molecular complexity index is 561. The van der Waals surface area contributed by atoms with Crippen molar-refractivity contribution in [3.05, 3.63) is 63.1 Å². The standard InChI is InChI=1S/C16H18BrN/c1-11-4-7-16(13(3)8-11)18-10-14-5-6-15(17)12(2)9-14/h4-9,18H,10H2,1-3H3. The Hall–Kier alpha value is -1.28. The molecule has 2 rings (SSSR count). The molecule has 18 heavy (non-hydrogen) atoms. The number of rotatable bonds is 3. The second kappa shape index (κ2) is 5.57. The second-order valence-corrected chi connectivity index (χ2v) is 5.61. The summed E-state index contributed by atoms with van der Waals surface area (Å²) in [6.07, 6.45) is 0. The average Bonchev–Trinajstić information content (AvgIpc) is 2.32. The molecule has 2 aromatic rings. The Balaban J connectivity index is 2.09. The zero-order valence-corrected chi connectivity index (χ0v) is 12.6. The lowest BCUT2D eigenvalue weighted by atomic mass is 10.1. The van der Waals surface area contributed by atoms with Crippen LogP contribution in [-0.4, -0.2) is 0 Å². The predicted octanol–water partition coefficient (Wildman–Crippen LogP) is 4.99. The van der Waals surface area contributed by atoms with Crippen LogP contribution >= 0.6 is 15.9 Å². The Morgan fingerprint density at radius 1 is 0.944 bits per heavy atom. The van der Waals surface area contributed by atoms with Crippen LogP contribution in [0.5, 0.6) is 0 Å². The minimum atomic E-state index is 0.859. The van der Waals surface area contributed by atoms with Crippen molar-refractivity contribution in [3.63, 3.8) is 0 Å². The molecule has 0 spiro atoms. The maximum atomic E-state index is 3.52. The van der Waals surface area contributed by atoms with Gasteiger partial charge in [0, 0.05) is 16.7 Å². The van der Waals surface area contributed by atoms with Crippen LogP contribution in [0.25, 0.3) is 0 Å². The van der Waals surface area contributed by atoms with E-state index in [1.807, 2.05) is 0 Å². The molecule has 0 aliphatic rings. The van der Waals surface area contributed by atoms with Crippen molar-refractivity contribution >= 4 is 21.6 Å². The van der Waals surface area contributed by atoms with Crippen LogP contribution in [-0.2, 0) is 6.54 Å². The lowest BCUT2D eigenvalue weighted by Gasteiger charge is -2.11. The van der Waals surface area contributed by atoms with Gasteiger partial charge in [-0.3, -0.25) is 0 Å². The number of halogens is 1. The second-order valence-electron chi connectivity index (χ2n) is 4.76. The van der Waals surface area contributed by atoms with E-state index in [0.29, 0.717) is 0 Å². The van der Waals surface area contributed by atoms with E-state index in [1.165, 1.54) is 27.9 Å². The van der Waals surface area contributed by atoms with Crippen molar-refractivity contribution in [1.82, 2.24) is 0 Å². The first-order chi connectivity index (χ1) is 8.56. The Morgan fingerprint density at radius 3 is 2.39 bits per heavy atom. The lowest BCUT2D eigenvalue weighted by molar-refractivity contribution is 1.13. The quantitative estimate of drug-likeness (QED) is 0.842. The summed E-state index contributed by atoms with van der Waals surface area (Å²) in [5.74, 6) is 0. The van der Waals surface area contributed by atoms with E-state index in [9.17, 15) is 0 Å². The minimum absolute atomic E-state index is 0.859. The van der Waals surface area contributed by atoms with Gasteiger partial charge in [0.05, 0.1) is 0 Å². The molecule has 0 aliphatic heterocycles. The summed E-state index contributed by atoms with van der Waals surface area (Å²) in [6.45, 7) is 7.24. The largest absolute Gasteiger partial charge is 0.381 e. The molecule has 94 valence electrons. The van der Waals surface area contributed by atoms with Gasteiger partial charge >= 0.3 is 0 Å². The first-order valence-corrected chi connectivity index (χ1v) is 6.92. The van der Waals surface area contributed by atoms with Crippen molar-refractivity contribution in [2.75, 3.05) is 5.32 Å². The molecule has 0 bridgehead atoms. The van der Waals surface area contributed by atoms with Crippen molar-refractivity contribution in [2.24, 2.45) is 0 Å². The topological polar surface area (TPSA) is 12.0 Å². The van der Waals surface area contributed by atoms with Crippen LogP contribution in [0.1, 0.15) is 22.3 Å². The van der Waals surface area contributed by atoms with Crippen molar-refractivity contribution in [3.8, 4) is 0 Å². The predicted molar refractivity (Wildman–Crippen MR) is 82.1 cm³/mol. The molecule has 1 N–H and O–H groups in total. The van der Waals surface area contributed by atoms with Gasteiger partial charge in [0.25, 0.3) is 0 Å². The van der Waals surface area contributed by atoms with Gasteiger partial charge < -0.3 is 5.32 Å². The van der Waals surface area contributed by atoms with E-state index >= 15 is 0 Å².